The van der Waals surface area contributed by atoms with Gasteiger partial charge in [0.15, 0.2) is 0 Å². The Morgan fingerprint density at radius 2 is 2.18 bits per heavy atom. The molecule has 0 spiro atoms. The predicted molar refractivity (Wildman–Crippen MR) is 41.3 cm³/mol. The summed E-state index contributed by atoms with van der Waals surface area (Å²) in [6.07, 6.45) is 0.981. The van der Waals surface area contributed by atoms with Crippen LogP contribution in [0.25, 0.3) is 0 Å². The van der Waals surface area contributed by atoms with Crippen LogP contribution in [0.15, 0.2) is 23.1 Å². The second-order valence-electron chi connectivity index (χ2n) is 2.33. The first-order valence-corrected chi connectivity index (χ1v) is 3.70. The summed E-state index contributed by atoms with van der Waals surface area (Å²) in [6, 6.07) is 5.85. The topological polar surface area (TPSA) is 9.23 Å². The van der Waals surface area contributed by atoms with Gasteiger partial charge in [-0.2, -0.15) is 4.90 Å². The zero-order valence-electron chi connectivity index (χ0n) is 6.46. The molecular weight excluding hydrogens is 167 g/mol. The number of benzene rings is 1. The van der Waals surface area contributed by atoms with Crippen molar-refractivity contribution >= 4 is 12.6 Å². The van der Waals surface area contributed by atoms with Gasteiger partial charge in [0.25, 0.3) is 0 Å². The summed E-state index contributed by atoms with van der Waals surface area (Å²) in [7, 11) is 0. The second kappa shape index (κ2) is 3.76. The van der Waals surface area contributed by atoms with E-state index in [0.29, 0.717) is 0 Å². The van der Waals surface area contributed by atoms with Crippen LogP contribution >= 0.6 is 0 Å². The molecule has 1 heterocycles. The molecule has 1 nitrogen and oxygen atoms in total. The van der Waals surface area contributed by atoms with E-state index in [2.05, 4.69) is 0 Å². The van der Waals surface area contributed by atoms with E-state index in [-0.39, 0.29) is 29.6 Å². The molecule has 11 heavy (non-hydrogen) atoms. The Bertz CT molecular complexity index is 262. The quantitative estimate of drug-likeness (QED) is 0.351. The van der Waals surface area contributed by atoms with E-state index in [1.165, 1.54) is 5.56 Å². The van der Waals surface area contributed by atoms with Crippen molar-refractivity contribution in [3.8, 4) is 5.75 Å². The number of fused-ring (bicyclic) bond motifs is 1. The molecule has 1 aliphatic heterocycles. The van der Waals surface area contributed by atoms with Crippen LogP contribution in [0.3, 0.4) is 0 Å². The van der Waals surface area contributed by atoms with Crippen molar-refractivity contribution in [2.75, 3.05) is 6.61 Å². The Morgan fingerprint density at radius 3 is 2.91 bits per heavy atom. The number of hydrogen-bond acceptors (Lipinski definition) is 2. The van der Waals surface area contributed by atoms with Gasteiger partial charge >= 0.3 is 29.6 Å². The Kier molecular flexibility index (Phi) is 3.19. The van der Waals surface area contributed by atoms with Crippen molar-refractivity contribution in [1.29, 1.82) is 0 Å². The fourth-order valence-corrected chi connectivity index (χ4v) is 1.47. The third kappa shape index (κ3) is 1.70. The second-order valence-corrected chi connectivity index (χ2v) is 2.77. The van der Waals surface area contributed by atoms with Crippen molar-refractivity contribution in [2.45, 2.75) is 11.3 Å². The van der Waals surface area contributed by atoms with Crippen LogP contribution in [0.2, 0.25) is 0 Å². The summed E-state index contributed by atoms with van der Waals surface area (Å²) in [4.78, 5) is 0.940. The van der Waals surface area contributed by atoms with Crippen LogP contribution < -0.4 is 34.3 Å². The number of rotatable bonds is 0. The van der Waals surface area contributed by atoms with Crippen molar-refractivity contribution in [3.63, 3.8) is 0 Å². The molecule has 0 aliphatic carbocycles. The summed E-state index contributed by atoms with van der Waals surface area (Å²) >= 11 is 5.10. The van der Waals surface area contributed by atoms with Crippen LogP contribution in [0.4, 0.5) is 0 Å². The van der Waals surface area contributed by atoms with Crippen molar-refractivity contribution in [1.82, 2.24) is 0 Å². The minimum Gasteiger partial charge on any atom is -0.779 e. The van der Waals surface area contributed by atoms with Gasteiger partial charge in [0, 0.05) is 6.42 Å². The van der Waals surface area contributed by atoms with Gasteiger partial charge < -0.3 is 17.4 Å². The molecule has 0 aromatic heterocycles. The molecule has 0 N–H and O–H groups in total. The maximum Gasteiger partial charge on any atom is 1.00 e. The molecular formula is C8H7NaOS. The van der Waals surface area contributed by atoms with Crippen LogP contribution in [-0.2, 0) is 19.0 Å². The van der Waals surface area contributed by atoms with Crippen molar-refractivity contribution in [2.24, 2.45) is 0 Å². The summed E-state index contributed by atoms with van der Waals surface area (Å²) in [5.74, 6) is 0.979. The van der Waals surface area contributed by atoms with E-state index in [4.69, 9.17) is 17.4 Å². The van der Waals surface area contributed by atoms with E-state index in [9.17, 15) is 0 Å². The molecule has 0 amide bonds. The normalized spacial score (nSPS) is 13.1. The maximum absolute atomic E-state index is 5.31. The smallest absolute Gasteiger partial charge is 0.779 e. The Hall–Kier alpha value is 0.240. The summed E-state index contributed by atoms with van der Waals surface area (Å²) in [5.41, 5.74) is 1.21. The monoisotopic (exact) mass is 174 g/mol. The van der Waals surface area contributed by atoms with Crippen molar-refractivity contribution in [3.05, 3.63) is 23.8 Å². The van der Waals surface area contributed by atoms with E-state index < -0.39 is 0 Å². The largest absolute Gasteiger partial charge is 1.00 e. The van der Waals surface area contributed by atoms with Gasteiger partial charge in [-0.3, -0.25) is 0 Å². The van der Waals surface area contributed by atoms with E-state index in [1.54, 1.807) is 0 Å². The van der Waals surface area contributed by atoms with Gasteiger partial charge in [-0.25, -0.2) is 0 Å². The van der Waals surface area contributed by atoms with Crippen LogP contribution in [0.1, 0.15) is 5.56 Å². The van der Waals surface area contributed by atoms with E-state index >= 15 is 0 Å². The molecule has 0 atom stereocenters. The Balaban J connectivity index is 0.000000605. The third-order valence-corrected chi connectivity index (χ3v) is 2.08. The first kappa shape index (κ1) is 9.33. The van der Waals surface area contributed by atoms with Gasteiger partial charge in [-0.15, -0.1) is 0 Å². The summed E-state index contributed by atoms with van der Waals surface area (Å²) < 4.78 is 5.31. The molecule has 0 bridgehead atoms. The van der Waals surface area contributed by atoms with Crippen LogP contribution in [-0.4, -0.2) is 6.61 Å². The fraction of sp³-hybridized carbons (Fsp3) is 0.250. The predicted octanol–water partition coefficient (Wildman–Crippen LogP) is -1.47. The minimum atomic E-state index is 0. The molecule has 1 aromatic carbocycles. The molecule has 0 saturated heterocycles. The van der Waals surface area contributed by atoms with Crippen molar-refractivity contribution < 1.29 is 34.3 Å². The molecule has 52 valence electrons. The molecule has 0 unspecified atom stereocenters. The molecule has 0 saturated carbocycles. The Labute approximate surface area is 93.8 Å². The summed E-state index contributed by atoms with van der Waals surface area (Å²) in [6.45, 7) is 0.795. The molecule has 0 fully saturated rings. The van der Waals surface area contributed by atoms with Gasteiger partial charge in [0.05, 0.1) is 6.61 Å². The van der Waals surface area contributed by atoms with Gasteiger partial charge in [0.1, 0.15) is 5.75 Å². The zero-order chi connectivity index (χ0) is 6.97. The molecule has 1 aliphatic rings. The summed E-state index contributed by atoms with van der Waals surface area (Å²) in [5, 5.41) is 0. The van der Waals surface area contributed by atoms with Gasteiger partial charge in [-0.1, -0.05) is 12.1 Å². The first-order valence-electron chi connectivity index (χ1n) is 3.29. The van der Waals surface area contributed by atoms with Gasteiger partial charge in [-0.05, 0) is 11.6 Å². The van der Waals surface area contributed by atoms with Crippen LogP contribution in [0.5, 0.6) is 5.75 Å². The minimum absolute atomic E-state index is 0. The average Bonchev–Trinajstić information content (AvgIpc) is 2.36. The molecule has 1 aromatic rings. The third-order valence-electron chi connectivity index (χ3n) is 1.70. The Morgan fingerprint density at radius 1 is 1.36 bits per heavy atom. The fourth-order valence-electron chi connectivity index (χ4n) is 1.19. The van der Waals surface area contributed by atoms with Crippen LogP contribution in [0, 0.1) is 0 Å². The van der Waals surface area contributed by atoms with Gasteiger partial charge in [0.2, 0.25) is 0 Å². The average molecular weight is 174 g/mol. The first-order chi connectivity index (χ1) is 4.88. The number of ether oxygens (including phenoxy) is 1. The molecule has 2 rings (SSSR count). The van der Waals surface area contributed by atoms with E-state index in [0.717, 1.165) is 23.7 Å². The van der Waals surface area contributed by atoms with E-state index in [1.807, 2.05) is 18.2 Å². The maximum atomic E-state index is 5.31. The SMILES string of the molecule is [Na+].[S-]c1cccc2c1CCO2. The number of hydrogen-bond donors (Lipinski definition) is 0. The zero-order valence-corrected chi connectivity index (χ0v) is 9.28. The standard InChI is InChI=1S/C8H8OS.Na/c10-8-3-1-2-7-6(8)4-5-9-7;/h1-3,10H,4-5H2;/q;+1/p-1. The molecule has 0 radical (unpaired) electrons. The molecule has 3 heteroatoms.